The van der Waals surface area contributed by atoms with Gasteiger partial charge in [-0.2, -0.15) is 0 Å². The lowest BCUT2D eigenvalue weighted by atomic mass is 10.0. The summed E-state index contributed by atoms with van der Waals surface area (Å²) in [4.78, 5) is 10.0. The Kier molecular flexibility index (Phi) is 5.57. The fraction of sp³-hybridized carbons (Fsp3) is 1.00. The molecule has 0 saturated heterocycles. The van der Waals surface area contributed by atoms with E-state index in [2.05, 4.69) is 0 Å². The molecule has 0 fully saturated rings. The van der Waals surface area contributed by atoms with Crippen LogP contribution in [0.3, 0.4) is 0 Å². The van der Waals surface area contributed by atoms with Gasteiger partial charge in [-0.15, -0.1) is 0 Å². The van der Waals surface area contributed by atoms with Crippen molar-refractivity contribution >= 4 is 0 Å². The van der Waals surface area contributed by atoms with Crippen molar-refractivity contribution in [3.8, 4) is 0 Å². The van der Waals surface area contributed by atoms with E-state index >= 15 is 0 Å². The van der Waals surface area contributed by atoms with E-state index in [1.807, 2.05) is 0 Å². The Balaban J connectivity index is 4.02. The van der Waals surface area contributed by atoms with Crippen LogP contribution in [-0.4, -0.2) is 33.4 Å². The molecule has 0 aromatic rings. The van der Waals surface area contributed by atoms with Crippen LogP contribution in [0.4, 0.5) is 0 Å². The Morgan fingerprint density at radius 3 is 2.23 bits per heavy atom. The number of hydrogen-bond acceptors (Lipinski definition) is 4. The number of aliphatic hydroxyl groups is 2. The molecule has 0 spiro atoms. The normalized spacial score (nSPS) is 17.8. The first kappa shape index (κ1) is 12.3. The second-order valence-electron chi connectivity index (χ2n) is 3.25. The van der Waals surface area contributed by atoms with Crippen molar-refractivity contribution in [1.29, 1.82) is 0 Å². The summed E-state index contributed by atoms with van der Waals surface area (Å²) in [7, 11) is 0. The van der Waals surface area contributed by atoms with Crippen LogP contribution in [0.25, 0.3) is 0 Å². The van der Waals surface area contributed by atoms with E-state index < -0.39 is 23.2 Å². The second-order valence-corrected chi connectivity index (χ2v) is 3.25. The molecule has 0 aliphatic rings. The fourth-order valence-electron chi connectivity index (χ4n) is 1.12. The van der Waals surface area contributed by atoms with E-state index in [-0.39, 0.29) is 6.42 Å². The van der Waals surface area contributed by atoms with Gasteiger partial charge in [0.05, 0.1) is 6.10 Å². The molecule has 3 unspecified atom stereocenters. The van der Waals surface area contributed by atoms with Gasteiger partial charge in [0, 0.05) is 11.3 Å². The van der Waals surface area contributed by atoms with Crippen LogP contribution in [0.15, 0.2) is 0 Å². The molecular formula is C8H17NO4. The van der Waals surface area contributed by atoms with Crippen LogP contribution in [0.1, 0.15) is 33.1 Å². The minimum atomic E-state index is -0.945. The molecule has 3 atom stereocenters. The summed E-state index contributed by atoms with van der Waals surface area (Å²) < 4.78 is 0. The van der Waals surface area contributed by atoms with E-state index in [9.17, 15) is 15.2 Å². The molecule has 2 N–H and O–H groups in total. The van der Waals surface area contributed by atoms with Gasteiger partial charge in [-0.3, -0.25) is 10.1 Å². The molecule has 0 amide bonds. The van der Waals surface area contributed by atoms with Crippen molar-refractivity contribution in [3.05, 3.63) is 10.1 Å². The number of aliphatic hydroxyl groups excluding tert-OH is 2. The molecule has 0 saturated carbocycles. The van der Waals surface area contributed by atoms with E-state index in [1.165, 1.54) is 0 Å². The van der Waals surface area contributed by atoms with Gasteiger partial charge in [0.15, 0.2) is 0 Å². The molecule has 5 nitrogen and oxygen atoms in total. The first-order valence-corrected chi connectivity index (χ1v) is 4.48. The summed E-state index contributed by atoms with van der Waals surface area (Å²) in [5.41, 5.74) is 0. The maximum atomic E-state index is 10.5. The molecule has 0 aromatic carbocycles. The van der Waals surface area contributed by atoms with E-state index in [0.29, 0.717) is 12.8 Å². The third kappa shape index (κ3) is 4.80. The first-order valence-electron chi connectivity index (χ1n) is 4.48. The maximum Gasteiger partial charge on any atom is 0.238 e. The van der Waals surface area contributed by atoms with Gasteiger partial charge in [-0.25, -0.2) is 0 Å². The number of nitro groups is 1. The molecule has 78 valence electrons. The Hall–Kier alpha value is -0.680. The zero-order valence-electron chi connectivity index (χ0n) is 8.01. The van der Waals surface area contributed by atoms with Crippen molar-refractivity contribution in [3.63, 3.8) is 0 Å². The highest BCUT2D eigenvalue weighted by molar-refractivity contribution is 4.67. The molecule has 13 heavy (non-hydrogen) atoms. The highest BCUT2D eigenvalue weighted by Gasteiger charge is 2.28. The Morgan fingerprint density at radius 2 is 1.92 bits per heavy atom. The average molecular weight is 191 g/mol. The van der Waals surface area contributed by atoms with Crippen LogP contribution < -0.4 is 0 Å². The monoisotopic (exact) mass is 191 g/mol. The Bertz CT molecular complexity index is 160. The third-order valence-corrected chi connectivity index (χ3v) is 2.01. The zero-order chi connectivity index (χ0) is 10.4. The molecule has 0 rings (SSSR count). The summed E-state index contributed by atoms with van der Waals surface area (Å²) in [6.45, 7) is 3.28. The van der Waals surface area contributed by atoms with Crippen LogP contribution in [-0.2, 0) is 0 Å². The Morgan fingerprint density at radius 1 is 1.38 bits per heavy atom. The third-order valence-electron chi connectivity index (χ3n) is 2.01. The van der Waals surface area contributed by atoms with Gasteiger partial charge in [-0.05, 0) is 19.8 Å². The highest BCUT2D eigenvalue weighted by Crippen LogP contribution is 2.11. The van der Waals surface area contributed by atoms with Crippen molar-refractivity contribution in [1.82, 2.24) is 0 Å². The van der Waals surface area contributed by atoms with Crippen LogP contribution in [0, 0.1) is 10.1 Å². The fourth-order valence-corrected chi connectivity index (χ4v) is 1.12. The topological polar surface area (TPSA) is 83.6 Å². The standard InChI is InChI=1S/C8H17NO4/c1-3-8(11)7(9(12)13)5-4-6(2)10/h6-8,10-11H,3-5H2,1-2H3. The highest BCUT2D eigenvalue weighted by atomic mass is 16.6. The average Bonchev–Trinajstić information content (AvgIpc) is 2.03. The SMILES string of the molecule is CCC(O)C(CCC(C)O)[N+](=O)[O-]. The molecule has 0 bridgehead atoms. The van der Waals surface area contributed by atoms with Crippen molar-refractivity contribution in [2.24, 2.45) is 0 Å². The van der Waals surface area contributed by atoms with E-state index in [4.69, 9.17) is 5.11 Å². The van der Waals surface area contributed by atoms with Gasteiger partial charge < -0.3 is 10.2 Å². The number of hydrogen-bond donors (Lipinski definition) is 2. The lowest BCUT2D eigenvalue weighted by molar-refractivity contribution is -0.535. The van der Waals surface area contributed by atoms with Gasteiger partial charge in [0.25, 0.3) is 0 Å². The van der Waals surface area contributed by atoms with E-state index in [1.54, 1.807) is 13.8 Å². The molecule has 5 heteroatoms. The largest absolute Gasteiger partial charge is 0.393 e. The summed E-state index contributed by atoms with van der Waals surface area (Å²) in [6, 6.07) is -0.945. The molecule has 0 radical (unpaired) electrons. The number of nitrogens with zero attached hydrogens (tertiary/aromatic N) is 1. The van der Waals surface area contributed by atoms with Gasteiger partial charge in [0.1, 0.15) is 6.10 Å². The first-order chi connectivity index (χ1) is 5.99. The maximum absolute atomic E-state index is 10.5. The molecule has 0 aromatic heterocycles. The molecule has 0 aliphatic heterocycles. The summed E-state index contributed by atoms with van der Waals surface area (Å²) in [6.07, 6.45) is -0.520. The summed E-state index contributed by atoms with van der Waals surface area (Å²) in [5.74, 6) is 0. The van der Waals surface area contributed by atoms with Crippen molar-refractivity contribution < 1.29 is 15.1 Å². The van der Waals surface area contributed by atoms with Crippen molar-refractivity contribution in [2.45, 2.75) is 51.4 Å². The molecular weight excluding hydrogens is 174 g/mol. The quantitative estimate of drug-likeness (QED) is 0.474. The molecule has 0 heterocycles. The van der Waals surface area contributed by atoms with Crippen LogP contribution >= 0.6 is 0 Å². The Labute approximate surface area is 77.5 Å². The number of rotatable bonds is 6. The predicted molar refractivity (Wildman–Crippen MR) is 48.0 cm³/mol. The van der Waals surface area contributed by atoms with Crippen LogP contribution in [0.5, 0.6) is 0 Å². The minimum absolute atomic E-state index is 0.222. The summed E-state index contributed by atoms with van der Waals surface area (Å²) >= 11 is 0. The van der Waals surface area contributed by atoms with Gasteiger partial charge in [0.2, 0.25) is 6.04 Å². The zero-order valence-corrected chi connectivity index (χ0v) is 8.01. The smallest absolute Gasteiger partial charge is 0.238 e. The molecule has 0 aliphatic carbocycles. The van der Waals surface area contributed by atoms with Crippen LogP contribution in [0.2, 0.25) is 0 Å². The van der Waals surface area contributed by atoms with Gasteiger partial charge >= 0.3 is 0 Å². The van der Waals surface area contributed by atoms with Crippen molar-refractivity contribution in [2.75, 3.05) is 0 Å². The van der Waals surface area contributed by atoms with Gasteiger partial charge in [-0.1, -0.05) is 6.92 Å². The predicted octanol–water partition coefficient (Wildman–Crippen LogP) is 0.564. The minimum Gasteiger partial charge on any atom is -0.393 e. The summed E-state index contributed by atoms with van der Waals surface area (Å²) in [5, 5.41) is 28.7. The lowest BCUT2D eigenvalue weighted by Crippen LogP contribution is -2.33. The second kappa shape index (κ2) is 5.88. The van der Waals surface area contributed by atoms with E-state index in [0.717, 1.165) is 0 Å². The lowest BCUT2D eigenvalue weighted by Gasteiger charge is -2.14.